The first kappa shape index (κ1) is 18.5. The summed E-state index contributed by atoms with van der Waals surface area (Å²) in [5.41, 5.74) is 2.83. The number of anilines is 1. The van der Waals surface area contributed by atoms with Gasteiger partial charge in [-0.25, -0.2) is 4.79 Å². The van der Waals surface area contributed by atoms with Crippen LogP contribution in [0.5, 0.6) is 0 Å². The standard InChI is InChI=1S/C23H26N2O3/c1-24(20-11-7-18(8-12-20)17-5-3-2-4-6-17)22(26)19-9-13-21(14-10-19)25-15-16-28-23(25)27/h2-6,9-10,13-14,18,20H,7-8,11-12,15-16H2,1H3. The van der Waals surface area contributed by atoms with E-state index in [0.717, 1.165) is 31.4 Å². The van der Waals surface area contributed by atoms with Crippen molar-refractivity contribution in [1.29, 1.82) is 0 Å². The van der Waals surface area contributed by atoms with Crippen LogP contribution in [-0.2, 0) is 4.74 Å². The maximum atomic E-state index is 12.9. The van der Waals surface area contributed by atoms with Crippen LogP contribution in [0.2, 0.25) is 0 Å². The molecule has 4 rings (SSSR count). The molecular weight excluding hydrogens is 352 g/mol. The molecule has 1 heterocycles. The number of hydrogen-bond donors (Lipinski definition) is 0. The molecule has 0 spiro atoms. The quantitative estimate of drug-likeness (QED) is 0.790. The van der Waals surface area contributed by atoms with Crippen molar-refractivity contribution in [2.24, 2.45) is 0 Å². The van der Waals surface area contributed by atoms with E-state index >= 15 is 0 Å². The summed E-state index contributed by atoms with van der Waals surface area (Å²) in [5, 5.41) is 0. The Bertz CT molecular complexity index is 827. The van der Waals surface area contributed by atoms with E-state index in [1.165, 1.54) is 5.56 Å². The molecule has 2 aromatic carbocycles. The lowest BCUT2D eigenvalue weighted by Gasteiger charge is -2.35. The van der Waals surface area contributed by atoms with Crippen LogP contribution in [-0.4, -0.2) is 43.1 Å². The van der Waals surface area contributed by atoms with Crippen molar-refractivity contribution >= 4 is 17.7 Å². The molecule has 0 unspecified atom stereocenters. The molecular formula is C23H26N2O3. The van der Waals surface area contributed by atoms with Crippen LogP contribution >= 0.6 is 0 Å². The number of hydrogen-bond acceptors (Lipinski definition) is 3. The van der Waals surface area contributed by atoms with Crippen molar-refractivity contribution in [2.75, 3.05) is 25.1 Å². The highest BCUT2D eigenvalue weighted by molar-refractivity contribution is 5.95. The molecule has 1 aliphatic carbocycles. The zero-order valence-electron chi connectivity index (χ0n) is 16.2. The molecule has 28 heavy (non-hydrogen) atoms. The molecule has 5 heteroatoms. The molecule has 2 aromatic rings. The normalized spacial score (nSPS) is 22.0. The minimum absolute atomic E-state index is 0.0405. The Labute approximate surface area is 165 Å². The van der Waals surface area contributed by atoms with Gasteiger partial charge < -0.3 is 9.64 Å². The third-order valence-electron chi connectivity index (χ3n) is 6.02. The second kappa shape index (κ2) is 8.05. The summed E-state index contributed by atoms with van der Waals surface area (Å²) >= 11 is 0. The van der Waals surface area contributed by atoms with Crippen LogP contribution < -0.4 is 4.90 Å². The molecule has 1 saturated heterocycles. The van der Waals surface area contributed by atoms with Gasteiger partial charge in [0.1, 0.15) is 6.61 Å². The predicted octanol–water partition coefficient (Wildman–Crippen LogP) is 4.44. The first-order valence-electron chi connectivity index (χ1n) is 10.00. The second-order valence-corrected chi connectivity index (χ2v) is 7.65. The van der Waals surface area contributed by atoms with E-state index in [1.54, 1.807) is 17.0 Å². The average Bonchev–Trinajstić information content (AvgIpc) is 3.19. The Morgan fingerprint density at radius 3 is 2.29 bits per heavy atom. The summed E-state index contributed by atoms with van der Waals surface area (Å²) in [4.78, 5) is 28.1. The number of carbonyl (C=O) groups is 2. The van der Waals surface area contributed by atoms with Gasteiger partial charge in [-0.2, -0.15) is 0 Å². The third-order valence-corrected chi connectivity index (χ3v) is 6.02. The van der Waals surface area contributed by atoms with E-state index in [9.17, 15) is 9.59 Å². The third kappa shape index (κ3) is 3.75. The van der Waals surface area contributed by atoms with Crippen molar-refractivity contribution in [1.82, 2.24) is 4.90 Å². The Hall–Kier alpha value is -2.82. The summed E-state index contributed by atoms with van der Waals surface area (Å²) in [6.45, 7) is 0.963. The summed E-state index contributed by atoms with van der Waals surface area (Å²) < 4.78 is 4.97. The lowest BCUT2D eigenvalue weighted by Crippen LogP contribution is -2.39. The highest BCUT2D eigenvalue weighted by atomic mass is 16.6. The van der Waals surface area contributed by atoms with Gasteiger partial charge in [0.2, 0.25) is 0 Å². The van der Waals surface area contributed by atoms with Gasteiger partial charge in [0.25, 0.3) is 5.91 Å². The molecule has 0 N–H and O–H groups in total. The number of ether oxygens (including phenoxy) is 1. The fraction of sp³-hybridized carbons (Fsp3) is 0.391. The zero-order valence-corrected chi connectivity index (χ0v) is 16.2. The zero-order chi connectivity index (χ0) is 19.5. The van der Waals surface area contributed by atoms with E-state index in [1.807, 2.05) is 24.1 Å². The molecule has 2 aliphatic rings. The first-order valence-corrected chi connectivity index (χ1v) is 10.00. The van der Waals surface area contributed by atoms with E-state index in [2.05, 4.69) is 30.3 Å². The van der Waals surface area contributed by atoms with Gasteiger partial charge in [0.15, 0.2) is 0 Å². The highest BCUT2D eigenvalue weighted by Crippen LogP contribution is 2.34. The molecule has 146 valence electrons. The Morgan fingerprint density at radius 1 is 1.00 bits per heavy atom. The predicted molar refractivity (Wildman–Crippen MR) is 109 cm³/mol. The van der Waals surface area contributed by atoms with Crippen molar-refractivity contribution in [3.63, 3.8) is 0 Å². The fourth-order valence-electron chi connectivity index (χ4n) is 4.30. The number of nitrogens with zero attached hydrogens (tertiary/aromatic N) is 2. The molecule has 0 atom stereocenters. The summed E-state index contributed by atoms with van der Waals surface area (Å²) in [5.74, 6) is 0.638. The van der Waals surface area contributed by atoms with E-state index in [-0.39, 0.29) is 18.0 Å². The van der Waals surface area contributed by atoms with Gasteiger partial charge in [-0.05, 0) is 61.4 Å². The van der Waals surface area contributed by atoms with Crippen molar-refractivity contribution in [3.8, 4) is 0 Å². The van der Waals surface area contributed by atoms with E-state index in [4.69, 9.17) is 4.74 Å². The molecule has 2 amide bonds. The maximum absolute atomic E-state index is 12.9. The van der Waals surface area contributed by atoms with Crippen molar-refractivity contribution < 1.29 is 14.3 Å². The lowest BCUT2D eigenvalue weighted by molar-refractivity contribution is 0.0689. The molecule has 5 nitrogen and oxygen atoms in total. The van der Waals surface area contributed by atoms with Crippen LogP contribution in [0.1, 0.15) is 47.5 Å². The molecule has 0 aromatic heterocycles. The number of rotatable bonds is 4. The first-order chi connectivity index (χ1) is 13.6. The van der Waals surface area contributed by atoms with Gasteiger partial charge >= 0.3 is 6.09 Å². The molecule has 2 fully saturated rings. The Balaban J connectivity index is 1.36. The smallest absolute Gasteiger partial charge is 0.414 e. The molecule has 0 radical (unpaired) electrons. The van der Waals surface area contributed by atoms with Gasteiger partial charge in [0, 0.05) is 24.3 Å². The van der Waals surface area contributed by atoms with Crippen LogP contribution in [0.25, 0.3) is 0 Å². The van der Waals surface area contributed by atoms with Gasteiger partial charge in [0.05, 0.1) is 6.54 Å². The topological polar surface area (TPSA) is 49.9 Å². The SMILES string of the molecule is CN(C(=O)c1ccc(N2CCOC2=O)cc1)C1CCC(c2ccccc2)CC1. The summed E-state index contributed by atoms with van der Waals surface area (Å²) in [6.07, 6.45) is 3.95. The minimum atomic E-state index is -0.327. The Morgan fingerprint density at radius 2 is 1.68 bits per heavy atom. The second-order valence-electron chi connectivity index (χ2n) is 7.65. The lowest BCUT2D eigenvalue weighted by atomic mass is 9.81. The minimum Gasteiger partial charge on any atom is -0.447 e. The number of carbonyl (C=O) groups excluding carboxylic acids is 2. The van der Waals surface area contributed by atoms with Crippen LogP contribution in [0.3, 0.4) is 0 Å². The van der Waals surface area contributed by atoms with Gasteiger partial charge in [-0.3, -0.25) is 9.69 Å². The summed E-state index contributed by atoms with van der Waals surface area (Å²) in [7, 11) is 1.90. The van der Waals surface area contributed by atoms with Crippen LogP contribution in [0.15, 0.2) is 54.6 Å². The highest BCUT2D eigenvalue weighted by Gasteiger charge is 2.28. The number of cyclic esters (lactones) is 1. The molecule has 1 saturated carbocycles. The van der Waals surface area contributed by atoms with E-state index in [0.29, 0.717) is 24.6 Å². The van der Waals surface area contributed by atoms with Gasteiger partial charge in [-0.15, -0.1) is 0 Å². The molecule has 0 bridgehead atoms. The fourth-order valence-corrected chi connectivity index (χ4v) is 4.30. The van der Waals surface area contributed by atoms with Crippen molar-refractivity contribution in [2.45, 2.75) is 37.6 Å². The monoisotopic (exact) mass is 378 g/mol. The Kier molecular flexibility index (Phi) is 5.33. The van der Waals surface area contributed by atoms with Crippen molar-refractivity contribution in [3.05, 3.63) is 65.7 Å². The number of amides is 2. The largest absolute Gasteiger partial charge is 0.447 e. The maximum Gasteiger partial charge on any atom is 0.414 e. The summed E-state index contributed by atoms with van der Waals surface area (Å²) in [6, 6.07) is 18.2. The van der Waals surface area contributed by atoms with Gasteiger partial charge in [-0.1, -0.05) is 30.3 Å². The van der Waals surface area contributed by atoms with Crippen LogP contribution in [0.4, 0.5) is 10.5 Å². The number of benzene rings is 2. The van der Waals surface area contributed by atoms with E-state index < -0.39 is 0 Å². The average molecular weight is 378 g/mol. The van der Waals surface area contributed by atoms with Crippen LogP contribution in [0, 0.1) is 0 Å². The molecule has 1 aliphatic heterocycles.